The van der Waals surface area contributed by atoms with E-state index in [2.05, 4.69) is 30.6 Å². The molecule has 38 heavy (non-hydrogen) atoms. The molecule has 0 aliphatic carbocycles. The highest BCUT2D eigenvalue weighted by molar-refractivity contribution is 6.31. The van der Waals surface area contributed by atoms with Crippen molar-refractivity contribution in [2.24, 2.45) is 0 Å². The fourth-order valence-electron chi connectivity index (χ4n) is 3.95. The van der Waals surface area contributed by atoms with Crippen molar-refractivity contribution < 1.29 is 27.9 Å². The van der Waals surface area contributed by atoms with Crippen LogP contribution in [0, 0.1) is 0 Å². The predicted octanol–water partition coefficient (Wildman–Crippen LogP) is 2.06. The third-order valence-corrected chi connectivity index (χ3v) is 5.87. The van der Waals surface area contributed by atoms with E-state index in [1.54, 1.807) is 12.3 Å². The zero-order chi connectivity index (χ0) is 26.8. The number of benzene rings is 1. The molecule has 0 radical (unpaired) electrons. The SMILES string of the molecule is O=C(Nc1cn(CC(=O)N2CCNCC2=O)nc1-c1cc(Cl)ccc1OC(F)F)c1cnn2cccnc12. The van der Waals surface area contributed by atoms with Gasteiger partial charge in [-0.25, -0.2) is 9.50 Å². The van der Waals surface area contributed by atoms with Crippen LogP contribution >= 0.6 is 11.6 Å². The number of carbonyl (C=O) groups excluding carboxylic acids is 3. The molecule has 196 valence electrons. The van der Waals surface area contributed by atoms with Gasteiger partial charge in [-0.2, -0.15) is 19.0 Å². The molecule has 4 heterocycles. The zero-order valence-corrected chi connectivity index (χ0v) is 20.2. The first-order valence-electron chi connectivity index (χ1n) is 11.3. The molecule has 1 fully saturated rings. The number of fused-ring (bicyclic) bond motifs is 1. The minimum Gasteiger partial charge on any atom is -0.434 e. The molecular weight excluding hydrogens is 526 g/mol. The van der Waals surface area contributed by atoms with E-state index in [1.165, 1.54) is 46.0 Å². The van der Waals surface area contributed by atoms with Gasteiger partial charge in [-0.05, 0) is 24.3 Å². The van der Waals surface area contributed by atoms with Crippen LogP contribution in [0.15, 0.2) is 49.1 Å². The molecule has 1 saturated heterocycles. The van der Waals surface area contributed by atoms with E-state index in [9.17, 15) is 23.2 Å². The molecule has 0 bridgehead atoms. The molecule has 3 amide bonds. The molecule has 1 aliphatic rings. The predicted molar refractivity (Wildman–Crippen MR) is 130 cm³/mol. The van der Waals surface area contributed by atoms with Gasteiger partial charge in [0.25, 0.3) is 11.8 Å². The maximum absolute atomic E-state index is 13.2. The van der Waals surface area contributed by atoms with Crippen molar-refractivity contribution in [3.05, 3.63) is 59.6 Å². The summed E-state index contributed by atoms with van der Waals surface area (Å²) in [6, 6.07) is 5.60. The number of amides is 3. The molecule has 0 saturated carbocycles. The Morgan fingerprint density at radius 3 is 2.92 bits per heavy atom. The van der Waals surface area contributed by atoms with Crippen molar-refractivity contribution in [2.75, 3.05) is 25.0 Å². The van der Waals surface area contributed by atoms with Crippen LogP contribution in [0.3, 0.4) is 0 Å². The second kappa shape index (κ2) is 10.5. The monoisotopic (exact) mass is 544 g/mol. The number of alkyl halides is 2. The van der Waals surface area contributed by atoms with Gasteiger partial charge < -0.3 is 15.4 Å². The number of imide groups is 1. The lowest BCUT2D eigenvalue weighted by Crippen LogP contribution is -2.51. The van der Waals surface area contributed by atoms with Gasteiger partial charge in [0.2, 0.25) is 5.91 Å². The smallest absolute Gasteiger partial charge is 0.387 e. The van der Waals surface area contributed by atoms with Gasteiger partial charge in [0.1, 0.15) is 23.6 Å². The molecule has 15 heteroatoms. The summed E-state index contributed by atoms with van der Waals surface area (Å²) < 4.78 is 33.5. The Labute approximate surface area is 218 Å². The number of carbonyl (C=O) groups is 3. The average Bonchev–Trinajstić information content (AvgIpc) is 3.49. The molecule has 1 aromatic carbocycles. The van der Waals surface area contributed by atoms with Crippen LogP contribution in [0.5, 0.6) is 5.75 Å². The Hall–Kier alpha value is -4.43. The Kier molecular flexibility index (Phi) is 6.98. The minimum absolute atomic E-state index is 0.0142. The maximum Gasteiger partial charge on any atom is 0.387 e. The lowest BCUT2D eigenvalue weighted by atomic mass is 10.1. The van der Waals surface area contributed by atoms with Gasteiger partial charge in [-0.1, -0.05) is 11.6 Å². The fraction of sp³-hybridized carbons (Fsp3) is 0.217. The Morgan fingerprint density at radius 2 is 2.13 bits per heavy atom. The van der Waals surface area contributed by atoms with Gasteiger partial charge in [0.05, 0.1) is 18.4 Å². The van der Waals surface area contributed by atoms with E-state index in [0.717, 1.165) is 4.90 Å². The highest BCUT2D eigenvalue weighted by atomic mass is 35.5. The van der Waals surface area contributed by atoms with Crippen LogP contribution < -0.4 is 15.4 Å². The number of ether oxygens (including phenoxy) is 1. The highest BCUT2D eigenvalue weighted by Crippen LogP contribution is 2.37. The standard InChI is InChI=1S/C23H19ClF2N8O4/c24-13-2-3-17(38-23(25)26)14(8-13)20-16(30-22(37)15-9-29-34-6-1-4-28-21(15)34)11-32(31-20)12-19(36)33-7-5-27-10-18(33)35/h1-4,6,8-9,11,23,27H,5,7,10,12H2,(H,30,37). The number of nitrogens with one attached hydrogen (secondary N) is 2. The van der Waals surface area contributed by atoms with E-state index in [4.69, 9.17) is 11.6 Å². The molecular formula is C23H19ClF2N8O4. The largest absolute Gasteiger partial charge is 0.434 e. The molecule has 3 aromatic heterocycles. The van der Waals surface area contributed by atoms with Crippen molar-refractivity contribution in [3.8, 4) is 17.0 Å². The third-order valence-electron chi connectivity index (χ3n) is 5.63. The van der Waals surface area contributed by atoms with Gasteiger partial charge in [-0.3, -0.25) is 24.0 Å². The maximum atomic E-state index is 13.2. The topological polar surface area (TPSA) is 136 Å². The van der Waals surface area contributed by atoms with E-state index < -0.39 is 18.4 Å². The number of rotatable bonds is 7. The first kappa shape index (κ1) is 25.2. The summed E-state index contributed by atoms with van der Waals surface area (Å²) in [6.07, 6.45) is 5.79. The Bertz CT molecular complexity index is 1540. The van der Waals surface area contributed by atoms with Crippen LogP contribution in [0.4, 0.5) is 14.5 Å². The van der Waals surface area contributed by atoms with Crippen LogP contribution in [0.25, 0.3) is 16.9 Å². The first-order valence-corrected chi connectivity index (χ1v) is 11.6. The first-order chi connectivity index (χ1) is 18.3. The summed E-state index contributed by atoms with van der Waals surface area (Å²) in [5.74, 6) is -1.76. The number of piperazine rings is 1. The normalized spacial score (nSPS) is 13.8. The number of nitrogens with zero attached hydrogens (tertiary/aromatic N) is 6. The van der Waals surface area contributed by atoms with Gasteiger partial charge in [-0.15, -0.1) is 0 Å². The number of hydrogen-bond acceptors (Lipinski definition) is 8. The molecule has 4 aromatic rings. The summed E-state index contributed by atoms with van der Waals surface area (Å²) in [5.41, 5.74) is 0.569. The number of anilines is 1. The van der Waals surface area contributed by atoms with E-state index >= 15 is 0 Å². The molecule has 0 atom stereocenters. The molecule has 0 unspecified atom stereocenters. The van der Waals surface area contributed by atoms with E-state index in [1.807, 2.05) is 0 Å². The second-order valence-electron chi connectivity index (χ2n) is 8.12. The third kappa shape index (κ3) is 5.17. The Balaban J connectivity index is 1.52. The molecule has 2 N–H and O–H groups in total. The quantitative estimate of drug-likeness (QED) is 0.361. The number of hydrogen-bond donors (Lipinski definition) is 2. The van der Waals surface area contributed by atoms with E-state index in [0.29, 0.717) is 6.54 Å². The van der Waals surface area contributed by atoms with Crippen LogP contribution in [-0.2, 0) is 16.1 Å². The van der Waals surface area contributed by atoms with Crippen molar-refractivity contribution >= 4 is 40.7 Å². The van der Waals surface area contributed by atoms with Gasteiger partial charge in [0, 0.05) is 42.3 Å². The summed E-state index contributed by atoms with van der Waals surface area (Å²) in [4.78, 5) is 43.4. The van der Waals surface area contributed by atoms with E-state index in [-0.39, 0.29) is 64.5 Å². The summed E-state index contributed by atoms with van der Waals surface area (Å²) in [5, 5.41) is 14.2. The summed E-state index contributed by atoms with van der Waals surface area (Å²) in [7, 11) is 0. The van der Waals surface area contributed by atoms with Crippen molar-refractivity contribution in [3.63, 3.8) is 0 Å². The second-order valence-corrected chi connectivity index (χ2v) is 8.56. The number of aromatic nitrogens is 5. The van der Waals surface area contributed by atoms with Crippen LogP contribution in [0.1, 0.15) is 10.4 Å². The summed E-state index contributed by atoms with van der Waals surface area (Å²) in [6.45, 7) is -2.81. The van der Waals surface area contributed by atoms with Crippen molar-refractivity contribution in [1.29, 1.82) is 0 Å². The lowest BCUT2D eigenvalue weighted by molar-refractivity contribution is -0.146. The highest BCUT2D eigenvalue weighted by Gasteiger charge is 2.26. The minimum atomic E-state index is -3.14. The van der Waals surface area contributed by atoms with Gasteiger partial charge >= 0.3 is 6.61 Å². The fourth-order valence-corrected chi connectivity index (χ4v) is 4.12. The molecule has 5 rings (SSSR count). The molecule has 12 nitrogen and oxygen atoms in total. The number of halogens is 3. The Morgan fingerprint density at radius 1 is 1.29 bits per heavy atom. The van der Waals surface area contributed by atoms with Crippen LogP contribution in [-0.4, -0.2) is 73.2 Å². The molecule has 1 aliphatic heterocycles. The van der Waals surface area contributed by atoms with Crippen molar-refractivity contribution in [2.45, 2.75) is 13.2 Å². The average molecular weight is 545 g/mol. The van der Waals surface area contributed by atoms with Crippen molar-refractivity contribution in [1.82, 2.24) is 34.6 Å². The van der Waals surface area contributed by atoms with Gasteiger partial charge in [0.15, 0.2) is 5.65 Å². The zero-order valence-electron chi connectivity index (χ0n) is 19.5. The van der Waals surface area contributed by atoms with Crippen LogP contribution in [0.2, 0.25) is 5.02 Å². The summed E-state index contributed by atoms with van der Waals surface area (Å²) >= 11 is 6.13. The lowest BCUT2D eigenvalue weighted by Gasteiger charge is -2.25. The molecule has 0 spiro atoms.